The number of hydrogen-bond donors (Lipinski definition) is 1. The fraction of sp³-hybridized carbons (Fsp3) is 0.212. The van der Waals surface area contributed by atoms with Gasteiger partial charge in [-0.3, -0.25) is 13.9 Å². The van der Waals surface area contributed by atoms with Crippen molar-refractivity contribution in [2.45, 2.75) is 37.8 Å². The molecule has 0 fully saturated rings. The van der Waals surface area contributed by atoms with Gasteiger partial charge in [0, 0.05) is 18.1 Å². The number of halogens is 1. The number of carbonyl (C=O) groups is 2. The number of anilines is 1. The second kappa shape index (κ2) is 14.7. The molecule has 10 heteroatoms. The van der Waals surface area contributed by atoms with Crippen molar-refractivity contribution in [3.05, 3.63) is 120 Å². The van der Waals surface area contributed by atoms with Crippen molar-refractivity contribution in [3.8, 4) is 11.5 Å². The molecule has 0 saturated heterocycles. The van der Waals surface area contributed by atoms with Crippen molar-refractivity contribution < 1.29 is 22.7 Å². The molecule has 0 bridgehead atoms. The predicted molar refractivity (Wildman–Crippen MR) is 169 cm³/mol. The Kier molecular flexibility index (Phi) is 10.8. The van der Waals surface area contributed by atoms with E-state index in [0.29, 0.717) is 23.1 Å². The Balaban J connectivity index is 1.68. The maximum absolute atomic E-state index is 14.0. The summed E-state index contributed by atoms with van der Waals surface area (Å²) in [4.78, 5) is 28.4. The molecule has 8 nitrogen and oxygen atoms in total. The molecular formula is C33H34ClN3O5S. The summed E-state index contributed by atoms with van der Waals surface area (Å²) in [6.45, 7) is 3.57. The van der Waals surface area contributed by atoms with Crippen LogP contribution in [0.5, 0.6) is 11.5 Å². The van der Waals surface area contributed by atoms with Crippen molar-refractivity contribution in [2.75, 3.05) is 17.4 Å². The van der Waals surface area contributed by atoms with Crippen LogP contribution < -0.4 is 14.4 Å². The Bertz CT molecular complexity index is 1600. The van der Waals surface area contributed by atoms with Crippen LogP contribution in [0.4, 0.5) is 5.69 Å². The van der Waals surface area contributed by atoms with Gasteiger partial charge in [-0.25, -0.2) is 8.42 Å². The Morgan fingerprint density at radius 2 is 1.42 bits per heavy atom. The molecule has 2 amide bonds. The van der Waals surface area contributed by atoms with Crippen molar-refractivity contribution >= 4 is 39.1 Å². The van der Waals surface area contributed by atoms with E-state index in [-0.39, 0.29) is 23.0 Å². The van der Waals surface area contributed by atoms with Gasteiger partial charge >= 0.3 is 0 Å². The molecule has 224 valence electrons. The number of benzene rings is 4. The minimum absolute atomic E-state index is 0.0328. The van der Waals surface area contributed by atoms with Crippen molar-refractivity contribution in [3.63, 3.8) is 0 Å². The van der Waals surface area contributed by atoms with Gasteiger partial charge in [0.15, 0.2) is 0 Å². The van der Waals surface area contributed by atoms with Crippen LogP contribution in [0.15, 0.2) is 114 Å². The quantitative estimate of drug-likeness (QED) is 0.190. The summed E-state index contributed by atoms with van der Waals surface area (Å²) in [5, 5.41) is 3.37. The normalized spacial score (nSPS) is 11.8. The molecule has 4 rings (SSSR count). The zero-order chi connectivity index (χ0) is 30.8. The zero-order valence-electron chi connectivity index (χ0n) is 24.0. The van der Waals surface area contributed by atoms with Gasteiger partial charge in [0.25, 0.3) is 10.0 Å². The lowest BCUT2D eigenvalue weighted by Crippen LogP contribution is -2.51. The molecule has 0 aliphatic heterocycles. The minimum atomic E-state index is -4.17. The number of rotatable bonds is 13. The fourth-order valence-corrected chi connectivity index (χ4v) is 5.88. The topological polar surface area (TPSA) is 96.0 Å². The number of para-hydroxylation sites is 1. The minimum Gasteiger partial charge on any atom is -0.457 e. The van der Waals surface area contributed by atoms with Gasteiger partial charge in [0.05, 0.1) is 10.6 Å². The van der Waals surface area contributed by atoms with E-state index < -0.39 is 28.5 Å². The van der Waals surface area contributed by atoms with Crippen LogP contribution in [0.3, 0.4) is 0 Å². The van der Waals surface area contributed by atoms with E-state index in [1.807, 2.05) is 37.3 Å². The highest BCUT2D eigenvalue weighted by Gasteiger charge is 2.32. The van der Waals surface area contributed by atoms with Crippen LogP contribution in [0.2, 0.25) is 5.02 Å². The van der Waals surface area contributed by atoms with Crippen LogP contribution >= 0.6 is 11.6 Å². The molecule has 0 spiro atoms. The van der Waals surface area contributed by atoms with E-state index >= 15 is 0 Å². The smallest absolute Gasteiger partial charge is 0.264 e. The lowest BCUT2D eigenvalue weighted by molar-refractivity contribution is -0.139. The first-order valence-corrected chi connectivity index (χ1v) is 15.7. The molecule has 0 saturated carbocycles. The van der Waals surface area contributed by atoms with Gasteiger partial charge < -0.3 is 15.0 Å². The number of carbonyl (C=O) groups excluding carboxylic acids is 2. The number of nitrogens with one attached hydrogen (secondary N) is 1. The van der Waals surface area contributed by atoms with Crippen LogP contribution in [0.25, 0.3) is 0 Å². The molecule has 0 aromatic heterocycles. The van der Waals surface area contributed by atoms with Crippen LogP contribution in [-0.2, 0) is 26.2 Å². The van der Waals surface area contributed by atoms with Gasteiger partial charge in [0.1, 0.15) is 24.1 Å². The molecular weight excluding hydrogens is 586 g/mol. The summed E-state index contributed by atoms with van der Waals surface area (Å²) in [7, 11) is -4.17. The molecule has 0 radical (unpaired) electrons. The summed E-state index contributed by atoms with van der Waals surface area (Å²) in [5.74, 6) is 0.263. The first kappa shape index (κ1) is 31.6. The third kappa shape index (κ3) is 8.37. The van der Waals surface area contributed by atoms with E-state index in [0.717, 1.165) is 16.3 Å². The zero-order valence-corrected chi connectivity index (χ0v) is 25.6. The highest BCUT2D eigenvalue weighted by molar-refractivity contribution is 7.92. The standard InChI is InChI=1S/C33H34ClN3O5S/c1-3-22-35-33(39)25(2)36(23-26-14-16-27(34)17-15-26)32(38)24-37(43(40,41)31-12-8-5-9-13-31)28-18-20-30(21-19-28)42-29-10-6-4-7-11-29/h4-21,25H,3,22-24H2,1-2H3,(H,35,39). The first-order valence-electron chi connectivity index (χ1n) is 13.9. The fourth-order valence-electron chi connectivity index (χ4n) is 4.32. The summed E-state index contributed by atoms with van der Waals surface area (Å²) < 4.78 is 34.8. The number of ether oxygens (including phenoxy) is 1. The van der Waals surface area contributed by atoms with E-state index in [9.17, 15) is 18.0 Å². The lowest BCUT2D eigenvalue weighted by Gasteiger charge is -2.32. The van der Waals surface area contributed by atoms with E-state index in [1.165, 1.54) is 17.0 Å². The van der Waals surface area contributed by atoms with Gasteiger partial charge in [-0.05, 0) is 79.6 Å². The molecule has 4 aromatic rings. The number of nitrogens with zero attached hydrogens (tertiary/aromatic N) is 2. The Morgan fingerprint density at radius 1 is 0.837 bits per heavy atom. The summed E-state index contributed by atoms with van der Waals surface area (Å²) in [6, 6.07) is 29.7. The molecule has 43 heavy (non-hydrogen) atoms. The molecule has 1 N–H and O–H groups in total. The summed E-state index contributed by atoms with van der Waals surface area (Å²) in [6.07, 6.45) is 0.733. The third-order valence-corrected chi connectivity index (χ3v) is 8.74. The second-order valence-electron chi connectivity index (χ2n) is 9.85. The van der Waals surface area contributed by atoms with Gasteiger partial charge in [-0.2, -0.15) is 0 Å². The Labute approximate surface area is 257 Å². The van der Waals surface area contributed by atoms with E-state index in [1.54, 1.807) is 73.7 Å². The van der Waals surface area contributed by atoms with Crippen LogP contribution in [0.1, 0.15) is 25.8 Å². The molecule has 1 atom stereocenters. The molecule has 0 aliphatic carbocycles. The van der Waals surface area contributed by atoms with Gasteiger partial charge in [-0.1, -0.05) is 67.1 Å². The number of hydrogen-bond acceptors (Lipinski definition) is 5. The molecule has 1 unspecified atom stereocenters. The molecule has 4 aromatic carbocycles. The highest BCUT2D eigenvalue weighted by Crippen LogP contribution is 2.28. The average molecular weight is 620 g/mol. The monoisotopic (exact) mass is 619 g/mol. The highest BCUT2D eigenvalue weighted by atomic mass is 35.5. The van der Waals surface area contributed by atoms with Gasteiger partial charge in [0.2, 0.25) is 11.8 Å². The molecule has 0 heterocycles. The molecule has 0 aliphatic rings. The van der Waals surface area contributed by atoms with Crippen LogP contribution in [-0.4, -0.2) is 44.3 Å². The van der Waals surface area contributed by atoms with E-state index in [4.69, 9.17) is 16.3 Å². The largest absolute Gasteiger partial charge is 0.457 e. The third-order valence-electron chi connectivity index (χ3n) is 6.70. The van der Waals surface area contributed by atoms with Crippen molar-refractivity contribution in [2.24, 2.45) is 0 Å². The van der Waals surface area contributed by atoms with Gasteiger partial charge in [-0.15, -0.1) is 0 Å². The number of amides is 2. The van der Waals surface area contributed by atoms with Crippen LogP contribution in [0, 0.1) is 0 Å². The predicted octanol–water partition coefficient (Wildman–Crippen LogP) is 6.27. The SMILES string of the molecule is CCCNC(=O)C(C)N(Cc1ccc(Cl)cc1)C(=O)CN(c1ccc(Oc2ccccc2)cc1)S(=O)(=O)c1ccccc1. The first-order chi connectivity index (χ1) is 20.7. The maximum Gasteiger partial charge on any atom is 0.264 e. The van der Waals surface area contributed by atoms with Crippen molar-refractivity contribution in [1.29, 1.82) is 0 Å². The number of sulfonamides is 1. The average Bonchev–Trinajstić information content (AvgIpc) is 3.03. The Hall–Kier alpha value is -4.34. The van der Waals surface area contributed by atoms with E-state index in [2.05, 4.69) is 5.32 Å². The lowest BCUT2D eigenvalue weighted by atomic mass is 10.1. The Morgan fingerprint density at radius 3 is 2.02 bits per heavy atom. The maximum atomic E-state index is 14.0. The second-order valence-corrected chi connectivity index (χ2v) is 12.1. The van der Waals surface area contributed by atoms with Crippen molar-refractivity contribution in [1.82, 2.24) is 10.2 Å². The summed E-state index contributed by atoms with van der Waals surface area (Å²) in [5.41, 5.74) is 1.01. The summed E-state index contributed by atoms with van der Waals surface area (Å²) >= 11 is 6.06.